The summed E-state index contributed by atoms with van der Waals surface area (Å²) in [6.07, 6.45) is 0. The minimum atomic E-state index is -0.491. The molecule has 0 aliphatic rings. The first-order valence-corrected chi connectivity index (χ1v) is 8.73. The largest absolute Gasteiger partial charge is 0.489 e. The van der Waals surface area contributed by atoms with Gasteiger partial charge in [-0.15, -0.1) is 0 Å². The molecule has 0 saturated carbocycles. The molecule has 3 aromatic rings. The Balaban J connectivity index is 1.45. The standard InChI is InChI=1S/C21H20FNO5/c1-14-18(15(2)28-23-14)13-27-17-9-7-16(8-10-17)21(24)26-12-11-25-20-6-4-3-5-19(20)22/h3-10H,11-13H2,1-2H3. The van der Waals surface area contributed by atoms with Crippen LogP contribution in [0.4, 0.5) is 4.39 Å². The van der Waals surface area contributed by atoms with Crippen LogP contribution in [-0.4, -0.2) is 24.3 Å². The summed E-state index contributed by atoms with van der Waals surface area (Å²) >= 11 is 0. The number of rotatable bonds is 8. The van der Waals surface area contributed by atoms with Crippen molar-refractivity contribution in [3.05, 3.63) is 76.9 Å². The van der Waals surface area contributed by atoms with E-state index in [9.17, 15) is 9.18 Å². The van der Waals surface area contributed by atoms with Gasteiger partial charge in [-0.25, -0.2) is 9.18 Å². The van der Waals surface area contributed by atoms with Crippen LogP contribution in [0, 0.1) is 19.7 Å². The molecule has 7 heteroatoms. The third-order valence-electron chi connectivity index (χ3n) is 4.07. The fourth-order valence-electron chi connectivity index (χ4n) is 2.48. The van der Waals surface area contributed by atoms with Gasteiger partial charge < -0.3 is 18.7 Å². The van der Waals surface area contributed by atoms with Crippen molar-refractivity contribution in [2.24, 2.45) is 0 Å². The number of para-hydroxylation sites is 1. The molecule has 0 fully saturated rings. The van der Waals surface area contributed by atoms with Crippen LogP contribution >= 0.6 is 0 Å². The second-order valence-corrected chi connectivity index (χ2v) is 6.03. The number of carbonyl (C=O) groups excluding carboxylic acids is 1. The maximum absolute atomic E-state index is 13.4. The molecular formula is C21H20FNO5. The molecular weight excluding hydrogens is 365 g/mol. The van der Waals surface area contributed by atoms with Gasteiger partial charge in [-0.3, -0.25) is 0 Å². The predicted octanol–water partition coefficient (Wildman–Crippen LogP) is 4.25. The lowest BCUT2D eigenvalue weighted by Gasteiger charge is -2.09. The van der Waals surface area contributed by atoms with Gasteiger partial charge in [0.25, 0.3) is 0 Å². The van der Waals surface area contributed by atoms with Crippen LogP contribution in [-0.2, 0) is 11.3 Å². The zero-order valence-electron chi connectivity index (χ0n) is 15.6. The van der Waals surface area contributed by atoms with E-state index in [-0.39, 0.29) is 19.0 Å². The minimum absolute atomic E-state index is 0.0114. The molecule has 1 aromatic heterocycles. The van der Waals surface area contributed by atoms with Crippen LogP contribution in [0.3, 0.4) is 0 Å². The molecule has 0 aliphatic carbocycles. The van der Waals surface area contributed by atoms with E-state index in [2.05, 4.69) is 5.16 Å². The minimum Gasteiger partial charge on any atom is -0.489 e. The van der Waals surface area contributed by atoms with Crippen molar-refractivity contribution in [2.75, 3.05) is 13.2 Å². The number of aryl methyl sites for hydroxylation is 2. The summed E-state index contributed by atoms with van der Waals surface area (Å²) in [5, 5.41) is 3.88. The first-order valence-electron chi connectivity index (χ1n) is 8.73. The highest BCUT2D eigenvalue weighted by Crippen LogP contribution is 2.18. The summed E-state index contributed by atoms with van der Waals surface area (Å²) < 4.78 is 34.6. The maximum atomic E-state index is 13.4. The molecule has 2 aromatic carbocycles. The van der Waals surface area contributed by atoms with Crippen LogP contribution in [0.1, 0.15) is 27.4 Å². The highest BCUT2D eigenvalue weighted by molar-refractivity contribution is 5.89. The Bertz CT molecular complexity index is 917. The highest BCUT2D eigenvalue weighted by atomic mass is 19.1. The topological polar surface area (TPSA) is 70.8 Å². The molecule has 146 valence electrons. The normalized spacial score (nSPS) is 10.5. The van der Waals surface area contributed by atoms with Gasteiger partial charge >= 0.3 is 5.97 Å². The first-order chi connectivity index (χ1) is 13.5. The van der Waals surface area contributed by atoms with E-state index in [4.69, 9.17) is 18.7 Å². The van der Waals surface area contributed by atoms with Crippen LogP contribution in [0.2, 0.25) is 0 Å². The summed E-state index contributed by atoms with van der Waals surface area (Å²) in [5.41, 5.74) is 2.07. The second kappa shape index (κ2) is 9.03. The van der Waals surface area contributed by atoms with Crippen LogP contribution < -0.4 is 9.47 Å². The van der Waals surface area contributed by atoms with Gasteiger partial charge in [0.2, 0.25) is 0 Å². The van der Waals surface area contributed by atoms with E-state index in [1.54, 1.807) is 36.4 Å². The number of hydrogen-bond donors (Lipinski definition) is 0. The van der Waals surface area contributed by atoms with Gasteiger partial charge in [0.05, 0.1) is 16.8 Å². The molecule has 0 saturated heterocycles. The summed E-state index contributed by atoms with van der Waals surface area (Å²) in [5.74, 6) is 0.503. The Morgan fingerprint density at radius 1 is 1.04 bits per heavy atom. The number of benzene rings is 2. The van der Waals surface area contributed by atoms with Gasteiger partial charge in [0, 0.05) is 0 Å². The van der Waals surface area contributed by atoms with E-state index < -0.39 is 11.8 Å². The van der Waals surface area contributed by atoms with Crippen molar-refractivity contribution in [1.82, 2.24) is 5.16 Å². The molecule has 3 rings (SSSR count). The Hall–Kier alpha value is -3.35. The third kappa shape index (κ3) is 4.88. The lowest BCUT2D eigenvalue weighted by atomic mass is 10.2. The fraction of sp³-hybridized carbons (Fsp3) is 0.238. The molecule has 28 heavy (non-hydrogen) atoms. The Morgan fingerprint density at radius 2 is 1.79 bits per heavy atom. The molecule has 0 N–H and O–H groups in total. The van der Waals surface area contributed by atoms with E-state index >= 15 is 0 Å². The number of halogens is 1. The molecule has 6 nitrogen and oxygen atoms in total. The van der Waals surface area contributed by atoms with E-state index in [0.29, 0.717) is 17.9 Å². The average molecular weight is 385 g/mol. The molecule has 0 radical (unpaired) electrons. The molecule has 0 aliphatic heterocycles. The van der Waals surface area contributed by atoms with Crippen LogP contribution in [0.15, 0.2) is 53.1 Å². The number of aromatic nitrogens is 1. The van der Waals surface area contributed by atoms with Crippen LogP contribution in [0.5, 0.6) is 11.5 Å². The molecule has 0 spiro atoms. The summed E-state index contributed by atoms with van der Waals surface area (Å²) in [6.45, 7) is 4.08. The first kappa shape index (κ1) is 19.4. The zero-order chi connectivity index (χ0) is 19.9. The quantitative estimate of drug-likeness (QED) is 0.427. The Labute approximate surface area is 161 Å². The summed E-state index contributed by atoms with van der Waals surface area (Å²) in [4.78, 5) is 12.1. The van der Waals surface area contributed by atoms with Crippen molar-refractivity contribution in [1.29, 1.82) is 0 Å². The van der Waals surface area contributed by atoms with Gasteiger partial charge in [-0.05, 0) is 50.2 Å². The number of esters is 1. The molecule has 0 unspecified atom stereocenters. The van der Waals surface area contributed by atoms with E-state index in [0.717, 1.165) is 17.0 Å². The molecule has 0 amide bonds. The average Bonchev–Trinajstić information content (AvgIpc) is 3.02. The molecule has 1 heterocycles. The second-order valence-electron chi connectivity index (χ2n) is 6.03. The zero-order valence-corrected chi connectivity index (χ0v) is 15.6. The number of hydrogen-bond acceptors (Lipinski definition) is 6. The lowest BCUT2D eigenvalue weighted by molar-refractivity contribution is 0.0448. The smallest absolute Gasteiger partial charge is 0.338 e. The lowest BCUT2D eigenvalue weighted by Crippen LogP contribution is -2.12. The maximum Gasteiger partial charge on any atom is 0.338 e. The Kier molecular flexibility index (Phi) is 6.26. The predicted molar refractivity (Wildman–Crippen MR) is 98.9 cm³/mol. The summed E-state index contributed by atoms with van der Waals surface area (Å²) in [7, 11) is 0. The van der Waals surface area contributed by atoms with Crippen molar-refractivity contribution >= 4 is 5.97 Å². The van der Waals surface area contributed by atoms with Gasteiger partial charge in [0.15, 0.2) is 11.6 Å². The SMILES string of the molecule is Cc1noc(C)c1COc1ccc(C(=O)OCCOc2ccccc2F)cc1. The van der Waals surface area contributed by atoms with Gasteiger partial charge in [0.1, 0.15) is 31.3 Å². The van der Waals surface area contributed by atoms with E-state index in [1.165, 1.54) is 12.1 Å². The van der Waals surface area contributed by atoms with Crippen molar-refractivity contribution in [3.63, 3.8) is 0 Å². The summed E-state index contributed by atoms with van der Waals surface area (Å²) in [6, 6.07) is 12.7. The molecule has 0 atom stereocenters. The number of nitrogens with zero attached hydrogens (tertiary/aromatic N) is 1. The van der Waals surface area contributed by atoms with Gasteiger partial charge in [-0.2, -0.15) is 0 Å². The molecule has 0 bridgehead atoms. The van der Waals surface area contributed by atoms with E-state index in [1.807, 2.05) is 13.8 Å². The third-order valence-corrected chi connectivity index (χ3v) is 4.07. The van der Waals surface area contributed by atoms with Crippen molar-refractivity contribution in [3.8, 4) is 11.5 Å². The monoisotopic (exact) mass is 385 g/mol. The van der Waals surface area contributed by atoms with Gasteiger partial charge in [-0.1, -0.05) is 17.3 Å². The number of carbonyl (C=O) groups is 1. The van der Waals surface area contributed by atoms with Crippen molar-refractivity contribution in [2.45, 2.75) is 20.5 Å². The van der Waals surface area contributed by atoms with Crippen molar-refractivity contribution < 1.29 is 27.9 Å². The fourth-order valence-corrected chi connectivity index (χ4v) is 2.48. The highest BCUT2D eigenvalue weighted by Gasteiger charge is 2.11. The number of ether oxygens (including phenoxy) is 3. The van der Waals surface area contributed by atoms with Crippen LogP contribution in [0.25, 0.3) is 0 Å². The Morgan fingerprint density at radius 3 is 2.46 bits per heavy atom.